The van der Waals surface area contributed by atoms with Gasteiger partial charge in [0.25, 0.3) is 0 Å². The average molecular weight is 275 g/mol. The first-order valence-electron chi connectivity index (χ1n) is 6.76. The topological polar surface area (TPSA) is 12.0 Å². The fraction of sp³-hybridized carbons (Fsp3) is 0.375. The normalized spacial score (nSPS) is 23.5. The van der Waals surface area contributed by atoms with E-state index in [1.165, 1.54) is 16.0 Å². The van der Waals surface area contributed by atoms with E-state index in [1.807, 2.05) is 23.5 Å². The number of piperidine rings is 1. The minimum atomic E-state index is -0.156. The van der Waals surface area contributed by atoms with Crippen molar-refractivity contribution in [2.24, 2.45) is 0 Å². The standard InChI is InChI=1S/C16H18FNS/c1-11-7-9-19-16(11)14-6-8-18-10-15(14)12-2-4-13(17)5-3-12/h2-5,7,9,14-15,18H,6,8,10H2,1H3. The van der Waals surface area contributed by atoms with Gasteiger partial charge in [-0.2, -0.15) is 0 Å². The van der Waals surface area contributed by atoms with E-state index in [0.29, 0.717) is 11.8 Å². The summed E-state index contributed by atoms with van der Waals surface area (Å²) in [6.45, 7) is 4.24. The van der Waals surface area contributed by atoms with Crippen LogP contribution in [-0.4, -0.2) is 13.1 Å². The molecule has 1 nitrogen and oxygen atoms in total. The number of halogens is 1. The molecule has 1 aliphatic heterocycles. The second kappa shape index (κ2) is 5.43. The Bertz CT molecular complexity index is 546. The summed E-state index contributed by atoms with van der Waals surface area (Å²) in [6, 6.07) is 9.21. The Hall–Kier alpha value is -1.19. The Labute approximate surface area is 117 Å². The van der Waals surface area contributed by atoms with Gasteiger partial charge in [0.2, 0.25) is 0 Å². The molecule has 1 saturated heterocycles. The van der Waals surface area contributed by atoms with E-state index in [1.54, 1.807) is 12.1 Å². The number of thiophene rings is 1. The van der Waals surface area contributed by atoms with Crippen LogP contribution in [0.25, 0.3) is 0 Å². The van der Waals surface area contributed by atoms with Gasteiger partial charge >= 0.3 is 0 Å². The fourth-order valence-corrected chi connectivity index (χ4v) is 4.13. The third-order valence-corrected chi connectivity index (χ3v) is 5.17. The highest BCUT2D eigenvalue weighted by molar-refractivity contribution is 7.10. The second-order valence-corrected chi connectivity index (χ2v) is 6.17. The van der Waals surface area contributed by atoms with Crippen molar-refractivity contribution in [1.82, 2.24) is 5.32 Å². The van der Waals surface area contributed by atoms with Gasteiger partial charge in [0.1, 0.15) is 5.82 Å². The van der Waals surface area contributed by atoms with Crippen LogP contribution in [0, 0.1) is 12.7 Å². The van der Waals surface area contributed by atoms with E-state index >= 15 is 0 Å². The number of benzene rings is 1. The zero-order valence-corrected chi connectivity index (χ0v) is 11.8. The van der Waals surface area contributed by atoms with E-state index < -0.39 is 0 Å². The van der Waals surface area contributed by atoms with Crippen molar-refractivity contribution in [1.29, 1.82) is 0 Å². The first-order valence-corrected chi connectivity index (χ1v) is 7.64. The SMILES string of the molecule is Cc1ccsc1C1CCNCC1c1ccc(F)cc1. The van der Waals surface area contributed by atoms with Gasteiger partial charge in [0.05, 0.1) is 0 Å². The van der Waals surface area contributed by atoms with E-state index in [-0.39, 0.29) is 5.82 Å². The van der Waals surface area contributed by atoms with Crippen LogP contribution >= 0.6 is 11.3 Å². The molecule has 1 aromatic carbocycles. The Morgan fingerprint density at radius 2 is 1.95 bits per heavy atom. The van der Waals surface area contributed by atoms with Crippen LogP contribution in [0.2, 0.25) is 0 Å². The minimum absolute atomic E-state index is 0.156. The van der Waals surface area contributed by atoms with Gasteiger partial charge in [0, 0.05) is 23.3 Å². The van der Waals surface area contributed by atoms with Gasteiger partial charge in [-0.25, -0.2) is 4.39 Å². The van der Waals surface area contributed by atoms with Gasteiger partial charge < -0.3 is 5.32 Å². The number of hydrogen-bond acceptors (Lipinski definition) is 2. The molecule has 2 unspecified atom stereocenters. The molecule has 0 amide bonds. The molecule has 2 aromatic rings. The quantitative estimate of drug-likeness (QED) is 0.871. The highest BCUT2D eigenvalue weighted by atomic mass is 32.1. The van der Waals surface area contributed by atoms with Crippen molar-refractivity contribution >= 4 is 11.3 Å². The lowest BCUT2D eigenvalue weighted by Gasteiger charge is -2.32. The lowest BCUT2D eigenvalue weighted by Crippen LogP contribution is -2.33. The Morgan fingerprint density at radius 3 is 2.63 bits per heavy atom. The fourth-order valence-electron chi connectivity index (χ4n) is 3.00. The van der Waals surface area contributed by atoms with Crippen molar-refractivity contribution in [2.75, 3.05) is 13.1 Å². The van der Waals surface area contributed by atoms with Gasteiger partial charge in [0.15, 0.2) is 0 Å². The van der Waals surface area contributed by atoms with Crippen LogP contribution in [0.1, 0.15) is 34.3 Å². The van der Waals surface area contributed by atoms with Gasteiger partial charge in [-0.1, -0.05) is 12.1 Å². The van der Waals surface area contributed by atoms with Crippen LogP contribution < -0.4 is 5.32 Å². The summed E-state index contributed by atoms with van der Waals surface area (Å²) in [4.78, 5) is 1.50. The van der Waals surface area contributed by atoms with E-state index in [0.717, 1.165) is 19.5 Å². The summed E-state index contributed by atoms with van der Waals surface area (Å²) < 4.78 is 13.1. The summed E-state index contributed by atoms with van der Waals surface area (Å²) >= 11 is 1.86. The molecule has 2 heterocycles. The predicted molar refractivity (Wildman–Crippen MR) is 78.4 cm³/mol. The average Bonchev–Trinajstić information content (AvgIpc) is 2.86. The number of aryl methyl sites for hydroxylation is 1. The smallest absolute Gasteiger partial charge is 0.123 e. The summed E-state index contributed by atoms with van der Waals surface area (Å²) in [5.41, 5.74) is 2.63. The third-order valence-electron chi connectivity index (χ3n) is 4.02. The van der Waals surface area contributed by atoms with Crippen molar-refractivity contribution < 1.29 is 4.39 Å². The Kier molecular flexibility index (Phi) is 3.67. The maximum Gasteiger partial charge on any atom is 0.123 e. The zero-order chi connectivity index (χ0) is 13.2. The van der Waals surface area contributed by atoms with Gasteiger partial charge in [-0.15, -0.1) is 11.3 Å². The Balaban J connectivity index is 1.93. The molecule has 0 bridgehead atoms. The third kappa shape index (κ3) is 2.58. The van der Waals surface area contributed by atoms with E-state index in [4.69, 9.17) is 0 Å². The molecule has 0 aliphatic carbocycles. The lowest BCUT2D eigenvalue weighted by atomic mass is 9.80. The monoisotopic (exact) mass is 275 g/mol. The summed E-state index contributed by atoms with van der Waals surface area (Å²) in [5, 5.41) is 5.65. The van der Waals surface area contributed by atoms with Crippen LogP contribution in [-0.2, 0) is 0 Å². The summed E-state index contributed by atoms with van der Waals surface area (Å²) in [5.74, 6) is 0.856. The number of rotatable bonds is 2. The van der Waals surface area contributed by atoms with Crippen molar-refractivity contribution in [2.45, 2.75) is 25.2 Å². The van der Waals surface area contributed by atoms with E-state index in [9.17, 15) is 4.39 Å². The maximum absolute atomic E-state index is 13.1. The highest BCUT2D eigenvalue weighted by Crippen LogP contribution is 2.40. The molecule has 2 atom stereocenters. The van der Waals surface area contributed by atoms with Crippen molar-refractivity contribution in [3.8, 4) is 0 Å². The van der Waals surface area contributed by atoms with Crippen molar-refractivity contribution in [3.63, 3.8) is 0 Å². The van der Waals surface area contributed by atoms with E-state index in [2.05, 4.69) is 23.7 Å². The van der Waals surface area contributed by atoms with Crippen molar-refractivity contribution in [3.05, 3.63) is 57.5 Å². The van der Waals surface area contributed by atoms with Gasteiger partial charge in [-0.3, -0.25) is 0 Å². The molecular formula is C16H18FNS. The number of hydrogen-bond donors (Lipinski definition) is 1. The molecule has 1 aromatic heterocycles. The molecule has 3 rings (SSSR count). The first kappa shape index (κ1) is 12.8. The molecule has 19 heavy (non-hydrogen) atoms. The summed E-state index contributed by atoms with van der Waals surface area (Å²) in [6.07, 6.45) is 1.16. The second-order valence-electron chi connectivity index (χ2n) is 5.23. The molecule has 3 heteroatoms. The zero-order valence-electron chi connectivity index (χ0n) is 11.0. The first-order chi connectivity index (χ1) is 9.25. The van der Waals surface area contributed by atoms with Crippen LogP contribution in [0.15, 0.2) is 35.7 Å². The molecule has 1 N–H and O–H groups in total. The lowest BCUT2D eigenvalue weighted by molar-refractivity contribution is 0.407. The predicted octanol–water partition coefficient (Wildman–Crippen LogP) is 4.06. The molecule has 1 fully saturated rings. The molecular weight excluding hydrogens is 257 g/mol. The molecule has 100 valence electrons. The molecule has 0 saturated carbocycles. The molecule has 1 aliphatic rings. The van der Waals surface area contributed by atoms with Crippen LogP contribution in [0.4, 0.5) is 4.39 Å². The largest absolute Gasteiger partial charge is 0.316 e. The van der Waals surface area contributed by atoms with Crippen LogP contribution in [0.3, 0.4) is 0 Å². The number of nitrogens with one attached hydrogen (secondary N) is 1. The minimum Gasteiger partial charge on any atom is -0.316 e. The van der Waals surface area contributed by atoms with Crippen LogP contribution in [0.5, 0.6) is 0 Å². The Morgan fingerprint density at radius 1 is 1.16 bits per heavy atom. The molecule has 0 radical (unpaired) electrons. The molecule has 0 spiro atoms. The van der Waals surface area contributed by atoms with Gasteiger partial charge in [-0.05, 0) is 54.6 Å². The summed E-state index contributed by atoms with van der Waals surface area (Å²) in [7, 11) is 0. The highest BCUT2D eigenvalue weighted by Gasteiger charge is 2.29. The maximum atomic E-state index is 13.1.